The summed E-state index contributed by atoms with van der Waals surface area (Å²) in [6.45, 7) is 0. The first-order valence-electron chi connectivity index (χ1n) is 19.2. The second-order valence-corrected chi connectivity index (χ2v) is 15.8. The van der Waals surface area contributed by atoms with Gasteiger partial charge in [0.25, 0.3) is 0 Å². The summed E-state index contributed by atoms with van der Waals surface area (Å²) in [6.07, 6.45) is 0. The third-order valence-corrected chi connectivity index (χ3v) is 12.8. The Balaban J connectivity index is 1.03. The van der Waals surface area contributed by atoms with Gasteiger partial charge in [-0.05, 0) is 101 Å². The normalized spacial score (nSPS) is 11.9. The van der Waals surface area contributed by atoms with Crippen molar-refractivity contribution >= 4 is 85.8 Å². The van der Waals surface area contributed by atoms with Crippen LogP contribution in [0.2, 0.25) is 0 Å². The number of furan rings is 1. The molecule has 0 aliphatic heterocycles. The minimum atomic E-state index is 0.936. The molecule has 12 rings (SSSR count). The van der Waals surface area contributed by atoms with E-state index in [-0.39, 0.29) is 0 Å². The summed E-state index contributed by atoms with van der Waals surface area (Å²) < 4.78 is 8.99. The maximum Gasteiger partial charge on any atom is 0.153 e. The highest BCUT2D eigenvalue weighted by molar-refractivity contribution is 7.26. The molecule has 0 aliphatic rings. The van der Waals surface area contributed by atoms with Gasteiger partial charge in [0.1, 0.15) is 5.58 Å². The molecule has 0 spiro atoms. The molecule has 12 aromatic rings. The van der Waals surface area contributed by atoms with E-state index < -0.39 is 0 Å². The van der Waals surface area contributed by atoms with Crippen molar-refractivity contribution in [2.45, 2.75) is 0 Å². The second kappa shape index (κ2) is 12.3. The molecule has 2 heteroatoms. The number of rotatable bonds is 4. The van der Waals surface area contributed by atoms with Gasteiger partial charge in [0.05, 0.1) is 4.70 Å². The topological polar surface area (TPSA) is 13.1 Å². The monoisotopic (exact) mass is 728 g/mol. The third-order valence-electron chi connectivity index (χ3n) is 11.7. The minimum Gasteiger partial charge on any atom is -0.455 e. The van der Waals surface area contributed by atoms with Crippen LogP contribution in [0.25, 0.3) is 119 Å². The summed E-state index contributed by atoms with van der Waals surface area (Å²) in [7, 11) is 0. The molecule has 0 N–H and O–H groups in total. The molecule has 0 aliphatic carbocycles. The smallest absolute Gasteiger partial charge is 0.153 e. The van der Waals surface area contributed by atoms with Gasteiger partial charge in [-0.15, -0.1) is 11.3 Å². The number of para-hydroxylation sites is 1. The molecule has 0 saturated carbocycles. The van der Waals surface area contributed by atoms with Crippen LogP contribution in [-0.2, 0) is 0 Å². The zero-order valence-corrected chi connectivity index (χ0v) is 31.1. The molecule has 0 saturated heterocycles. The highest BCUT2D eigenvalue weighted by atomic mass is 32.1. The van der Waals surface area contributed by atoms with E-state index >= 15 is 0 Å². The predicted molar refractivity (Wildman–Crippen MR) is 241 cm³/mol. The Morgan fingerprint density at radius 3 is 1.57 bits per heavy atom. The van der Waals surface area contributed by atoms with Crippen molar-refractivity contribution < 1.29 is 4.42 Å². The summed E-state index contributed by atoms with van der Waals surface area (Å²) in [5, 5.41) is 12.5. The number of benzene rings is 10. The summed E-state index contributed by atoms with van der Waals surface area (Å²) in [4.78, 5) is 0. The van der Waals surface area contributed by atoms with Crippen molar-refractivity contribution in [3.63, 3.8) is 0 Å². The predicted octanol–water partition coefficient (Wildman–Crippen LogP) is 16.1. The summed E-state index contributed by atoms with van der Waals surface area (Å²) in [5.74, 6) is 0. The molecule has 0 fully saturated rings. The van der Waals surface area contributed by atoms with Gasteiger partial charge in [0.15, 0.2) is 5.58 Å². The van der Waals surface area contributed by atoms with E-state index in [0.717, 1.165) is 11.2 Å². The molecule has 0 bridgehead atoms. The standard InChI is InChI=1S/C54H32OS/c1-2-13-33(14-3-1)36-15-12-16-37(31-36)51-43-22-8-6-20-41(43)50(42-21-7-9-23-44(42)51)35-27-25-34(26-28-35)47-32-49-52(40-19-5-4-17-38(40)47)46-30-29-45-39-18-10-11-24-48(39)55-53(45)54(46)56-49/h1-32H. The molecular formula is C54H32OS. The SMILES string of the molecule is c1ccc(-c2cccc(-c3c4ccccc4c(-c4ccc(-c5cc6sc7c(ccc8c9ccccc9oc87)c6c6ccccc56)cc4)c4ccccc34)c2)cc1. The second-order valence-electron chi connectivity index (χ2n) is 14.7. The summed E-state index contributed by atoms with van der Waals surface area (Å²) >= 11 is 1.84. The molecule has 0 unspecified atom stereocenters. The van der Waals surface area contributed by atoms with Crippen LogP contribution in [0.5, 0.6) is 0 Å². The lowest BCUT2D eigenvalue weighted by Gasteiger charge is -2.18. The van der Waals surface area contributed by atoms with Crippen molar-refractivity contribution in [3.05, 3.63) is 194 Å². The summed E-state index contributed by atoms with van der Waals surface area (Å²) in [6, 6.07) is 70.9. The largest absolute Gasteiger partial charge is 0.455 e. The van der Waals surface area contributed by atoms with E-state index in [0.29, 0.717) is 0 Å². The quantitative estimate of drug-likeness (QED) is 0.165. The fourth-order valence-electron chi connectivity index (χ4n) is 9.17. The van der Waals surface area contributed by atoms with E-state index in [1.807, 2.05) is 17.4 Å². The Kier molecular flexibility index (Phi) is 6.87. The van der Waals surface area contributed by atoms with E-state index in [1.165, 1.54) is 108 Å². The van der Waals surface area contributed by atoms with Crippen LogP contribution < -0.4 is 0 Å². The van der Waals surface area contributed by atoms with Crippen LogP contribution in [0.15, 0.2) is 199 Å². The van der Waals surface area contributed by atoms with E-state index in [1.54, 1.807) is 0 Å². The average Bonchev–Trinajstić information content (AvgIpc) is 3.85. The first kappa shape index (κ1) is 31.4. The zero-order chi connectivity index (χ0) is 36.7. The van der Waals surface area contributed by atoms with Gasteiger partial charge in [-0.25, -0.2) is 0 Å². The lowest BCUT2D eigenvalue weighted by atomic mass is 9.85. The number of hydrogen-bond acceptors (Lipinski definition) is 2. The Morgan fingerprint density at radius 2 is 0.857 bits per heavy atom. The van der Waals surface area contributed by atoms with Gasteiger partial charge in [0, 0.05) is 26.2 Å². The molecule has 0 radical (unpaired) electrons. The molecule has 2 heterocycles. The molecular weight excluding hydrogens is 697 g/mol. The number of thiophene rings is 1. The van der Waals surface area contributed by atoms with Crippen LogP contribution in [0.3, 0.4) is 0 Å². The van der Waals surface area contributed by atoms with Crippen molar-refractivity contribution in [2.75, 3.05) is 0 Å². The molecule has 2 aromatic heterocycles. The van der Waals surface area contributed by atoms with Crippen molar-refractivity contribution in [3.8, 4) is 44.5 Å². The van der Waals surface area contributed by atoms with E-state index in [9.17, 15) is 0 Å². The fourth-order valence-corrected chi connectivity index (χ4v) is 10.4. The lowest BCUT2D eigenvalue weighted by Crippen LogP contribution is -1.91. The Hall–Kier alpha value is -7.00. The Labute approximate surface area is 327 Å². The van der Waals surface area contributed by atoms with E-state index in [2.05, 4.69) is 188 Å². The Bertz CT molecular complexity index is 3460. The fraction of sp³-hybridized carbons (Fsp3) is 0. The van der Waals surface area contributed by atoms with Crippen LogP contribution in [0.4, 0.5) is 0 Å². The van der Waals surface area contributed by atoms with Crippen molar-refractivity contribution in [1.82, 2.24) is 0 Å². The first-order valence-corrected chi connectivity index (χ1v) is 20.0. The third kappa shape index (κ3) is 4.67. The lowest BCUT2D eigenvalue weighted by molar-refractivity contribution is 0.673. The van der Waals surface area contributed by atoms with E-state index in [4.69, 9.17) is 4.42 Å². The minimum absolute atomic E-state index is 0.936. The maximum absolute atomic E-state index is 6.50. The average molecular weight is 729 g/mol. The highest BCUT2D eigenvalue weighted by Gasteiger charge is 2.20. The molecule has 56 heavy (non-hydrogen) atoms. The molecule has 10 aromatic carbocycles. The van der Waals surface area contributed by atoms with Crippen LogP contribution in [0, 0.1) is 0 Å². The molecule has 0 atom stereocenters. The highest BCUT2D eigenvalue weighted by Crippen LogP contribution is 2.48. The maximum atomic E-state index is 6.50. The zero-order valence-electron chi connectivity index (χ0n) is 30.3. The summed E-state index contributed by atoms with van der Waals surface area (Å²) in [5.41, 5.74) is 11.8. The van der Waals surface area contributed by atoms with Crippen molar-refractivity contribution in [2.24, 2.45) is 0 Å². The molecule has 1 nitrogen and oxygen atoms in total. The van der Waals surface area contributed by atoms with Gasteiger partial charge in [-0.2, -0.15) is 0 Å². The van der Waals surface area contributed by atoms with Gasteiger partial charge in [-0.1, -0.05) is 170 Å². The van der Waals surface area contributed by atoms with Crippen LogP contribution in [0.1, 0.15) is 0 Å². The Morgan fingerprint density at radius 1 is 0.321 bits per heavy atom. The molecule has 0 amide bonds. The number of hydrogen-bond donors (Lipinski definition) is 0. The molecule has 260 valence electrons. The van der Waals surface area contributed by atoms with Crippen molar-refractivity contribution in [1.29, 1.82) is 0 Å². The van der Waals surface area contributed by atoms with Crippen LogP contribution >= 0.6 is 11.3 Å². The van der Waals surface area contributed by atoms with Gasteiger partial charge in [-0.3, -0.25) is 0 Å². The number of fused-ring (bicyclic) bond motifs is 11. The van der Waals surface area contributed by atoms with Gasteiger partial charge in [0.2, 0.25) is 0 Å². The van der Waals surface area contributed by atoms with Crippen LogP contribution in [-0.4, -0.2) is 0 Å². The first-order chi connectivity index (χ1) is 27.8. The van der Waals surface area contributed by atoms with Gasteiger partial charge >= 0.3 is 0 Å². The van der Waals surface area contributed by atoms with Gasteiger partial charge < -0.3 is 4.42 Å².